The van der Waals surface area contributed by atoms with Crippen molar-refractivity contribution in [2.24, 2.45) is 0 Å². The molecule has 0 bridgehead atoms. The first-order chi connectivity index (χ1) is 10.4. The molecule has 0 unspecified atom stereocenters. The predicted molar refractivity (Wildman–Crippen MR) is 90.7 cm³/mol. The van der Waals surface area contributed by atoms with Gasteiger partial charge in [-0.1, -0.05) is 54.0 Å². The number of hydrogen-bond acceptors (Lipinski definition) is 2. The molecule has 4 aromatic rings. The number of nitrogens with zero attached hydrogens (tertiary/aromatic N) is 2. The fraction of sp³-hybridized carbons (Fsp3) is 0. The molecule has 0 spiro atoms. The molecule has 0 aliphatic rings. The molecule has 0 aliphatic carbocycles. The Kier molecular flexibility index (Phi) is 2.71. The van der Waals surface area contributed by atoms with Gasteiger partial charge < -0.3 is 0 Å². The quantitative estimate of drug-likeness (QED) is 0.392. The van der Waals surface area contributed by atoms with Gasteiger partial charge in [-0.05, 0) is 21.5 Å². The van der Waals surface area contributed by atoms with Gasteiger partial charge in [0.25, 0.3) is 0 Å². The van der Waals surface area contributed by atoms with Crippen LogP contribution in [-0.2, 0) is 0 Å². The lowest BCUT2D eigenvalue weighted by molar-refractivity contribution is 1.17. The highest BCUT2D eigenvalue weighted by Crippen LogP contribution is 2.34. The molecule has 3 aromatic carbocycles. The fourth-order valence-electron chi connectivity index (χ4n) is 3.09. The molecule has 4 rings (SSSR count). The summed E-state index contributed by atoms with van der Waals surface area (Å²) in [5, 5.41) is 5.08. The Morgan fingerprint density at radius 1 is 0.667 bits per heavy atom. The topological polar surface area (TPSA) is 25.8 Å². The number of hydrogen-bond donors (Lipinski definition) is 0. The van der Waals surface area contributed by atoms with Gasteiger partial charge in [0, 0.05) is 23.5 Å². The minimum atomic E-state index is 1.06. The average molecular weight is 268 g/mol. The fourth-order valence-corrected chi connectivity index (χ4v) is 3.09. The first kappa shape index (κ1) is 12.1. The van der Waals surface area contributed by atoms with Crippen LogP contribution in [0.3, 0.4) is 0 Å². The van der Waals surface area contributed by atoms with Crippen molar-refractivity contribution in [3.05, 3.63) is 67.3 Å². The summed E-state index contributed by atoms with van der Waals surface area (Å²) in [5.41, 5.74) is 3.60. The molecule has 1 aromatic heterocycles. The van der Waals surface area contributed by atoms with Crippen molar-refractivity contribution >= 4 is 34.9 Å². The molecular weight excluding hydrogens is 255 g/mol. The van der Waals surface area contributed by atoms with E-state index in [0.717, 1.165) is 5.56 Å². The Bertz CT molecular complexity index is 892. The number of rotatable bonds is 1. The van der Waals surface area contributed by atoms with Crippen molar-refractivity contribution in [1.29, 1.82) is 0 Å². The molecule has 0 amide bonds. The number of fused-ring (bicyclic) bond motifs is 2. The zero-order valence-electron chi connectivity index (χ0n) is 11.7. The number of aromatic nitrogens is 2. The van der Waals surface area contributed by atoms with Crippen LogP contribution in [0.4, 0.5) is 0 Å². The normalized spacial score (nSPS) is 11.0. The Morgan fingerprint density at radius 3 is 1.67 bits per heavy atom. The zero-order valence-corrected chi connectivity index (χ0v) is 11.7. The molecule has 0 saturated heterocycles. The lowest BCUT2D eigenvalue weighted by Crippen LogP contribution is -2.07. The van der Waals surface area contributed by atoms with Gasteiger partial charge in [0.05, 0.1) is 0 Å². The van der Waals surface area contributed by atoms with Crippen LogP contribution < -0.4 is 5.46 Å². The summed E-state index contributed by atoms with van der Waals surface area (Å²) in [6.07, 6.45) is 5.34. The molecule has 0 saturated carbocycles. The maximum Gasteiger partial charge on any atom is 0.140 e. The van der Waals surface area contributed by atoms with E-state index in [-0.39, 0.29) is 0 Å². The molecular formula is C18H13BN2. The van der Waals surface area contributed by atoms with E-state index in [2.05, 4.69) is 66.3 Å². The molecule has 3 heteroatoms. The van der Waals surface area contributed by atoms with E-state index in [1.54, 1.807) is 6.33 Å². The van der Waals surface area contributed by atoms with Gasteiger partial charge >= 0.3 is 0 Å². The second-order valence-electron chi connectivity index (χ2n) is 5.22. The van der Waals surface area contributed by atoms with Gasteiger partial charge in [0.2, 0.25) is 0 Å². The molecule has 0 fully saturated rings. The second-order valence-corrected chi connectivity index (χ2v) is 5.22. The van der Waals surface area contributed by atoms with Crippen molar-refractivity contribution in [2.75, 3.05) is 0 Å². The van der Waals surface area contributed by atoms with Crippen LogP contribution in [-0.4, -0.2) is 17.8 Å². The van der Waals surface area contributed by atoms with Crippen molar-refractivity contribution in [1.82, 2.24) is 9.97 Å². The highest BCUT2D eigenvalue weighted by molar-refractivity contribution is 6.46. The van der Waals surface area contributed by atoms with Crippen molar-refractivity contribution < 1.29 is 0 Å². The van der Waals surface area contributed by atoms with Gasteiger partial charge in [-0.25, -0.2) is 9.97 Å². The van der Waals surface area contributed by atoms with Crippen molar-refractivity contribution in [3.63, 3.8) is 0 Å². The van der Waals surface area contributed by atoms with Crippen LogP contribution in [0.25, 0.3) is 32.7 Å². The minimum absolute atomic E-state index is 1.06. The monoisotopic (exact) mass is 268 g/mol. The maximum atomic E-state index is 4.19. The molecule has 21 heavy (non-hydrogen) atoms. The Labute approximate surface area is 123 Å². The van der Waals surface area contributed by atoms with Gasteiger partial charge in [0.1, 0.15) is 14.2 Å². The number of benzene rings is 3. The van der Waals surface area contributed by atoms with Gasteiger partial charge in [-0.3, -0.25) is 0 Å². The molecule has 98 valence electrons. The summed E-state index contributed by atoms with van der Waals surface area (Å²) in [7, 11) is 2.19. The third-order valence-corrected chi connectivity index (χ3v) is 4.05. The van der Waals surface area contributed by atoms with E-state index in [0.29, 0.717) is 0 Å². The summed E-state index contributed by atoms with van der Waals surface area (Å²) >= 11 is 0. The zero-order chi connectivity index (χ0) is 14.2. The highest BCUT2D eigenvalue weighted by atomic mass is 14.8. The largest absolute Gasteiger partial charge is 0.244 e. The van der Waals surface area contributed by atoms with Crippen LogP contribution in [0.2, 0.25) is 0 Å². The van der Waals surface area contributed by atoms with Crippen LogP contribution >= 0.6 is 0 Å². The molecule has 0 atom stereocenters. The summed E-state index contributed by atoms with van der Waals surface area (Å²) in [6.45, 7) is 0. The summed E-state index contributed by atoms with van der Waals surface area (Å²) in [5.74, 6) is 0. The van der Waals surface area contributed by atoms with Crippen LogP contribution in [0.5, 0.6) is 0 Å². The molecule has 0 N–H and O–H groups in total. The van der Waals surface area contributed by atoms with Gasteiger partial charge in [-0.2, -0.15) is 0 Å². The van der Waals surface area contributed by atoms with E-state index >= 15 is 0 Å². The Morgan fingerprint density at radius 2 is 1.14 bits per heavy atom. The van der Waals surface area contributed by atoms with Crippen molar-refractivity contribution in [2.45, 2.75) is 0 Å². The third kappa shape index (κ3) is 1.82. The van der Waals surface area contributed by atoms with Crippen LogP contribution in [0.15, 0.2) is 67.3 Å². The first-order valence-corrected chi connectivity index (χ1v) is 7.01. The average Bonchev–Trinajstić information content (AvgIpc) is 2.56. The van der Waals surface area contributed by atoms with Gasteiger partial charge in [-0.15, -0.1) is 0 Å². The maximum absolute atomic E-state index is 4.19. The van der Waals surface area contributed by atoms with E-state index < -0.39 is 0 Å². The van der Waals surface area contributed by atoms with E-state index in [1.165, 1.54) is 32.6 Å². The lowest BCUT2D eigenvalue weighted by atomic mass is 9.81. The summed E-state index contributed by atoms with van der Waals surface area (Å²) in [6, 6.07) is 17.1. The molecule has 0 radical (unpaired) electrons. The minimum Gasteiger partial charge on any atom is -0.244 e. The highest BCUT2D eigenvalue weighted by Gasteiger charge is 2.12. The van der Waals surface area contributed by atoms with E-state index in [4.69, 9.17) is 0 Å². The van der Waals surface area contributed by atoms with Crippen LogP contribution in [0.1, 0.15) is 0 Å². The third-order valence-electron chi connectivity index (χ3n) is 4.05. The van der Waals surface area contributed by atoms with Gasteiger partial charge in [0.15, 0.2) is 0 Å². The summed E-state index contributed by atoms with van der Waals surface area (Å²) in [4.78, 5) is 8.37. The van der Waals surface area contributed by atoms with Crippen LogP contribution in [0, 0.1) is 0 Å². The van der Waals surface area contributed by atoms with E-state index in [1.807, 2.05) is 12.4 Å². The first-order valence-electron chi connectivity index (χ1n) is 7.01. The Hall–Kier alpha value is -2.68. The standard InChI is InChI=1S/C18H13BN2/c19-18-15-7-3-1-5-13(15)17(12-9-20-11-21-10-12)14-6-2-4-8-16(14)18/h1-11H,19H2. The van der Waals surface area contributed by atoms with E-state index in [9.17, 15) is 0 Å². The molecule has 0 aliphatic heterocycles. The Balaban J connectivity index is 2.28. The smallest absolute Gasteiger partial charge is 0.140 e. The lowest BCUT2D eigenvalue weighted by Gasteiger charge is -2.14. The van der Waals surface area contributed by atoms with Crippen molar-refractivity contribution in [3.8, 4) is 11.1 Å². The molecule has 1 heterocycles. The SMILES string of the molecule is Bc1c2ccccc2c(-c2cncnc2)c2ccccc12. The second kappa shape index (κ2) is 4.71. The summed E-state index contributed by atoms with van der Waals surface area (Å²) < 4.78 is 0. The molecule has 2 nitrogen and oxygen atoms in total. The predicted octanol–water partition coefficient (Wildman–Crippen LogP) is 2.71.